The number of carbonyl (C=O) groups is 1. The first-order valence-corrected chi connectivity index (χ1v) is 6.87. The molecule has 1 heterocycles. The molecule has 3 nitrogen and oxygen atoms in total. The zero-order chi connectivity index (χ0) is 13.9. The largest absolute Gasteiger partial charge is 0.481 e. The van der Waals surface area contributed by atoms with E-state index in [1.54, 1.807) is 0 Å². The first kappa shape index (κ1) is 15.4. The number of fused-ring (bicyclic) bond motifs is 1. The van der Waals surface area contributed by atoms with E-state index in [0.29, 0.717) is 0 Å². The van der Waals surface area contributed by atoms with E-state index in [1.807, 2.05) is 36.4 Å². The van der Waals surface area contributed by atoms with Gasteiger partial charge in [0.25, 0.3) is 0 Å². The van der Waals surface area contributed by atoms with Crippen molar-refractivity contribution in [1.82, 2.24) is 0 Å². The summed E-state index contributed by atoms with van der Waals surface area (Å²) in [7, 11) is 0. The van der Waals surface area contributed by atoms with Crippen LogP contribution in [0, 0.1) is 0 Å². The fourth-order valence-electron chi connectivity index (χ4n) is 2.83. The molecule has 0 spiro atoms. The highest BCUT2D eigenvalue weighted by Crippen LogP contribution is 2.32. The fraction of sp³-hybridized carbons (Fsp3) is 0.235. The summed E-state index contributed by atoms with van der Waals surface area (Å²) >= 11 is 0. The summed E-state index contributed by atoms with van der Waals surface area (Å²) in [5.41, 5.74) is 4.60. The maximum Gasteiger partial charge on any atom is 0.304 e. The van der Waals surface area contributed by atoms with E-state index in [-0.39, 0.29) is 24.7 Å². The fourth-order valence-corrected chi connectivity index (χ4v) is 2.83. The van der Waals surface area contributed by atoms with Gasteiger partial charge in [-0.2, -0.15) is 0 Å². The molecule has 0 saturated heterocycles. The molecule has 0 radical (unpaired) electrons. The van der Waals surface area contributed by atoms with Crippen molar-refractivity contribution in [1.29, 1.82) is 0 Å². The van der Waals surface area contributed by atoms with Crippen LogP contribution in [0.5, 0.6) is 0 Å². The molecule has 1 atom stereocenters. The Morgan fingerprint density at radius 3 is 2.62 bits per heavy atom. The molecule has 2 N–H and O–H groups in total. The van der Waals surface area contributed by atoms with Gasteiger partial charge in [0.1, 0.15) is 0 Å². The summed E-state index contributed by atoms with van der Waals surface area (Å²) in [6, 6.07) is 16.1. The van der Waals surface area contributed by atoms with Crippen LogP contribution in [-0.4, -0.2) is 17.6 Å². The summed E-state index contributed by atoms with van der Waals surface area (Å²) in [5, 5.41) is 12.5. The van der Waals surface area contributed by atoms with Gasteiger partial charge in [-0.25, -0.2) is 0 Å². The third kappa shape index (κ3) is 3.37. The van der Waals surface area contributed by atoms with Gasteiger partial charge in [-0.1, -0.05) is 42.5 Å². The lowest BCUT2D eigenvalue weighted by molar-refractivity contribution is -0.137. The molecule has 0 saturated carbocycles. The lowest BCUT2D eigenvalue weighted by Crippen LogP contribution is -2.08. The second-order valence-electron chi connectivity index (χ2n) is 5.15. The molecule has 0 fully saturated rings. The molecule has 21 heavy (non-hydrogen) atoms. The minimum Gasteiger partial charge on any atom is -0.481 e. The molecule has 4 heteroatoms. The van der Waals surface area contributed by atoms with E-state index in [0.717, 1.165) is 24.1 Å². The van der Waals surface area contributed by atoms with Crippen molar-refractivity contribution in [3.63, 3.8) is 0 Å². The van der Waals surface area contributed by atoms with Crippen LogP contribution in [0.3, 0.4) is 0 Å². The van der Waals surface area contributed by atoms with Crippen molar-refractivity contribution >= 4 is 24.1 Å². The van der Waals surface area contributed by atoms with E-state index in [4.69, 9.17) is 0 Å². The lowest BCUT2D eigenvalue weighted by Gasteiger charge is -2.17. The molecular formula is C17H18ClNO2. The molecule has 0 aromatic heterocycles. The van der Waals surface area contributed by atoms with Crippen LogP contribution in [0.1, 0.15) is 29.0 Å². The summed E-state index contributed by atoms with van der Waals surface area (Å²) in [6.07, 6.45) is 1.13. The third-order valence-corrected chi connectivity index (χ3v) is 3.82. The summed E-state index contributed by atoms with van der Waals surface area (Å²) < 4.78 is 0. The third-order valence-electron chi connectivity index (χ3n) is 3.82. The minimum absolute atomic E-state index is 0. The number of halogens is 1. The number of anilines is 1. The van der Waals surface area contributed by atoms with Crippen LogP contribution < -0.4 is 5.32 Å². The molecule has 1 aliphatic rings. The molecule has 2 aromatic rings. The molecule has 1 aliphatic heterocycles. The smallest absolute Gasteiger partial charge is 0.304 e. The minimum atomic E-state index is -0.766. The van der Waals surface area contributed by atoms with Gasteiger partial charge in [-0.05, 0) is 29.2 Å². The number of hydrogen-bond donors (Lipinski definition) is 2. The van der Waals surface area contributed by atoms with Crippen molar-refractivity contribution in [2.45, 2.75) is 18.8 Å². The van der Waals surface area contributed by atoms with Crippen molar-refractivity contribution in [2.24, 2.45) is 0 Å². The van der Waals surface area contributed by atoms with E-state index < -0.39 is 5.97 Å². The molecule has 1 unspecified atom stereocenters. The Bertz CT molecular complexity index is 628. The standard InChI is InChI=1S/C17H17NO2.ClH/c19-17(20)11-15(12-4-2-1-3-5-12)13-6-7-16-14(10-13)8-9-18-16;/h1-7,10,15,18H,8-9,11H2,(H,19,20);1H. The topological polar surface area (TPSA) is 49.3 Å². The highest BCUT2D eigenvalue weighted by Gasteiger charge is 2.20. The van der Waals surface area contributed by atoms with Crippen molar-refractivity contribution in [2.75, 3.05) is 11.9 Å². The van der Waals surface area contributed by atoms with Gasteiger partial charge >= 0.3 is 5.97 Å². The average molecular weight is 304 g/mol. The molecule has 110 valence electrons. The summed E-state index contributed by atoms with van der Waals surface area (Å²) in [4.78, 5) is 11.2. The predicted octanol–water partition coefficient (Wildman–Crippen LogP) is 3.68. The predicted molar refractivity (Wildman–Crippen MR) is 86.4 cm³/mol. The monoisotopic (exact) mass is 303 g/mol. The number of carboxylic acids is 1. The van der Waals surface area contributed by atoms with Crippen molar-refractivity contribution in [3.8, 4) is 0 Å². The zero-order valence-corrected chi connectivity index (χ0v) is 12.4. The number of rotatable bonds is 4. The Kier molecular flexibility index (Phi) is 4.86. The first-order chi connectivity index (χ1) is 9.74. The zero-order valence-electron chi connectivity index (χ0n) is 11.6. The highest BCUT2D eigenvalue weighted by molar-refractivity contribution is 5.85. The molecule has 3 rings (SSSR count). The van der Waals surface area contributed by atoms with Crippen LogP contribution in [0.4, 0.5) is 5.69 Å². The van der Waals surface area contributed by atoms with Gasteiger partial charge in [0.05, 0.1) is 6.42 Å². The second kappa shape index (κ2) is 6.64. The average Bonchev–Trinajstić information content (AvgIpc) is 2.93. The number of benzene rings is 2. The number of nitrogens with one attached hydrogen (secondary N) is 1. The first-order valence-electron chi connectivity index (χ1n) is 6.87. The van der Waals surface area contributed by atoms with Crippen molar-refractivity contribution in [3.05, 3.63) is 65.2 Å². The Morgan fingerprint density at radius 1 is 1.14 bits per heavy atom. The Labute approximate surface area is 130 Å². The van der Waals surface area contributed by atoms with Crippen LogP contribution in [-0.2, 0) is 11.2 Å². The summed E-state index contributed by atoms with van der Waals surface area (Å²) in [6.45, 7) is 0.966. The molecule has 0 bridgehead atoms. The van der Waals surface area contributed by atoms with E-state index in [1.165, 1.54) is 11.3 Å². The Hall–Kier alpha value is -2.00. The van der Waals surface area contributed by atoms with Gasteiger partial charge in [0, 0.05) is 18.2 Å². The van der Waals surface area contributed by atoms with E-state index >= 15 is 0 Å². The second-order valence-corrected chi connectivity index (χ2v) is 5.15. The highest BCUT2D eigenvalue weighted by atomic mass is 35.5. The van der Waals surface area contributed by atoms with E-state index in [9.17, 15) is 9.90 Å². The lowest BCUT2D eigenvalue weighted by atomic mass is 9.87. The van der Waals surface area contributed by atoms with Gasteiger partial charge in [-0.3, -0.25) is 4.79 Å². The Balaban J connectivity index is 0.00000161. The van der Waals surface area contributed by atoms with Crippen molar-refractivity contribution < 1.29 is 9.90 Å². The Morgan fingerprint density at radius 2 is 1.90 bits per heavy atom. The van der Waals surface area contributed by atoms with Crippen LogP contribution in [0.2, 0.25) is 0 Å². The SMILES string of the molecule is Cl.O=C(O)CC(c1ccccc1)c1ccc2c(c1)CCN2. The van der Waals surface area contributed by atoms with Gasteiger partial charge in [-0.15, -0.1) is 12.4 Å². The normalized spacial score (nSPS) is 13.7. The molecule has 0 amide bonds. The van der Waals surface area contributed by atoms with Gasteiger partial charge in [0.2, 0.25) is 0 Å². The number of hydrogen-bond acceptors (Lipinski definition) is 2. The maximum absolute atomic E-state index is 11.2. The molecule has 0 aliphatic carbocycles. The van der Waals surface area contributed by atoms with Gasteiger partial charge in [0.15, 0.2) is 0 Å². The molecule has 2 aromatic carbocycles. The van der Waals surface area contributed by atoms with Crippen LogP contribution in [0.25, 0.3) is 0 Å². The summed E-state index contributed by atoms with van der Waals surface area (Å²) in [5.74, 6) is -0.850. The van der Waals surface area contributed by atoms with Crippen LogP contribution in [0.15, 0.2) is 48.5 Å². The maximum atomic E-state index is 11.2. The quantitative estimate of drug-likeness (QED) is 0.906. The van der Waals surface area contributed by atoms with Gasteiger partial charge < -0.3 is 10.4 Å². The number of carboxylic acid groups (broad SMARTS) is 1. The molecular weight excluding hydrogens is 286 g/mol. The van der Waals surface area contributed by atoms with E-state index in [2.05, 4.69) is 17.4 Å². The number of aliphatic carboxylic acids is 1. The van der Waals surface area contributed by atoms with Crippen LogP contribution >= 0.6 is 12.4 Å².